The van der Waals surface area contributed by atoms with Gasteiger partial charge in [0, 0.05) is 11.9 Å². The van der Waals surface area contributed by atoms with Crippen LogP contribution in [0, 0.1) is 0 Å². The van der Waals surface area contributed by atoms with E-state index < -0.39 is 21.0 Å². The van der Waals surface area contributed by atoms with E-state index in [-0.39, 0.29) is 11.6 Å². The van der Waals surface area contributed by atoms with E-state index in [0.29, 0.717) is 5.69 Å². The van der Waals surface area contributed by atoms with Gasteiger partial charge < -0.3 is 5.11 Å². The first kappa shape index (κ1) is 12.6. The zero-order valence-corrected chi connectivity index (χ0v) is 9.95. The standard InChI is InChI=1S/C9H12N2O4S/c1-5(2)6-4-7(8(12)13)11-9(10-6)16(3,14)15/h4-5H,1-3H3,(H,12,13). The summed E-state index contributed by atoms with van der Waals surface area (Å²) >= 11 is 0. The zero-order chi connectivity index (χ0) is 12.5. The molecule has 6 nitrogen and oxygen atoms in total. The third-order valence-electron chi connectivity index (χ3n) is 1.87. The first-order chi connectivity index (χ1) is 7.21. The molecule has 1 aromatic heterocycles. The van der Waals surface area contributed by atoms with Gasteiger partial charge in [-0.25, -0.2) is 23.2 Å². The van der Waals surface area contributed by atoms with E-state index in [1.54, 1.807) is 13.8 Å². The Balaban J connectivity index is 3.48. The van der Waals surface area contributed by atoms with Crippen LogP contribution in [0.2, 0.25) is 0 Å². The molecule has 16 heavy (non-hydrogen) atoms. The number of carboxylic acids is 1. The lowest BCUT2D eigenvalue weighted by molar-refractivity contribution is 0.0689. The maximum absolute atomic E-state index is 11.3. The Bertz CT molecular complexity index is 522. The van der Waals surface area contributed by atoms with Gasteiger partial charge in [-0.2, -0.15) is 0 Å². The fourth-order valence-electron chi connectivity index (χ4n) is 1.01. The average Bonchev–Trinajstić information content (AvgIpc) is 2.15. The van der Waals surface area contributed by atoms with Crippen molar-refractivity contribution in [3.8, 4) is 0 Å². The summed E-state index contributed by atoms with van der Waals surface area (Å²) in [5, 5.41) is 8.35. The van der Waals surface area contributed by atoms with Crippen LogP contribution in [0.5, 0.6) is 0 Å². The fraction of sp³-hybridized carbons (Fsp3) is 0.444. The lowest BCUT2D eigenvalue weighted by Gasteiger charge is -2.07. The maximum Gasteiger partial charge on any atom is 0.354 e. The molecule has 0 saturated heterocycles. The van der Waals surface area contributed by atoms with E-state index in [1.807, 2.05) is 0 Å². The molecule has 0 radical (unpaired) electrons. The van der Waals surface area contributed by atoms with Crippen molar-refractivity contribution in [2.24, 2.45) is 0 Å². The molecule has 7 heteroatoms. The van der Waals surface area contributed by atoms with Gasteiger partial charge in [-0.15, -0.1) is 0 Å². The van der Waals surface area contributed by atoms with E-state index in [2.05, 4.69) is 9.97 Å². The average molecular weight is 244 g/mol. The summed E-state index contributed by atoms with van der Waals surface area (Å²) in [5.41, 5.74) is 0.0898. The van der Waals surface area contributed by atoms with Gasteiger partial charge in [0.2, 0.25) is 15.0 Å². The number of aromatic carboxylic acids is 1. The minimum absolute atomic E-state index is 0.0680. The van der Waals surface area contributed by atoms with Gasteiger partial charge in [0.1, 0.15) is 0 Å². The first-order valence-electron chi connectivity index (χ1n) is 4.54. The Hall–Kier alpha value is -1.50. The molecule has 88 valence electrons. The lowest BCUT2D eigenvalue weighted by atomic mass is 10.1. The molecule has 0 aliphatic rings. The van der Waals surface area contributed by atoms with Crippen molar-refractivity contribution in [3.05, 3.63) is 17.5 Å². The summed E-state index contributed by atoms with van der Waals surface area (Å²) in [6.07, 6.45) is 0.943. The van der Waals surface area contributed by atoms with Crippen molar-refractivity contribution in [3.63, 3.8) is 0 Å². The van der Waals surface area contributed by atoms with Crippen LogP contribution in [-0.2, 0) is 9.84 Å². The molecule has 1 rings (SSSR count). The Morgan fingerprint density at radius 2 is 1.94 bits per heavy atom. The number of nitrogens with zero attached hydrogens (tertiary/aromatic N) is 2. The van der Waals surface area contributed by atoms with Crippen molar-refractivity contribution in [1.29, 1.82) is 0 Å². The van der Waals surface area contributed by atoms with Crippen LogP contribution >= 0.6 is 0 Å². The number of sulfone groups is 1. The largest absolute Gasteiger partial charge is 0.477 e. The summed E-state index contributed by atoms with van der Waals surface area (Å²) in [5.74, 6) is -1.34. The van der Waals surface area contributed by atoms with Crippen molar-refractivity contribution in [2.45, 2.75) is 24.9 Å². The molecular formula is C9H12N2O4S. The van der Waals surface area contributed by atoms with E-state index in [9.17, 15) is 13.2 Å². The highest BCUT2D eigenvalue weighted by Gasteiger charge is 2.18. The molecule has 0 aliphatic carbocycles. The Labute approximate surface area is 93.3 Å². The molecule has 0 aliphatic heterocycles. The summed E-state index contributed by atoms with van der Waals surface area (Å²) in [6, 6.07) is 1.28. The molecule has 0 amide bonds. The van der Waals surface area contributed by atoms with Gasteiger partial charge >= 0.3 is 5.97 Å². The minimum atomic E-state index is -3.60. The normalized spacial score (nSPS) is 11.8. The molecule has 0 bridgehead atoms. The number of carboxylic acid groups (broad SMARTS) is 1. The lowest BCUT2D eigenvalue weighted by Crippen LogP contribution is -2.12. The highest BCUT2D eigenvalue weighted by atomic mass is 32.2. The predicted octanol–water partition coefficient (Wildman–Crippen LogP) is 0.702. The number of carbonyl (C=O) groups is 1. The highest BCUT2D eigenvalue weighted by Crippen LogP contribution is 2.14. The fourth-order valence-corrected chi connectivity index (χ4v) is 1.55. The summed E-state index contributed by atoms with van der Waals surface area (Å²) in [4.78, 5) is 18.1. The van der Waals surface area contributed by atoms with Crippen LogP contribution in [-0.4, -0.2) is 35.7 Å². The van der Waals surface area contributed by atoms with Crippen molar-refractivity contribution in [2.75, 3.05) is 6.26 Å². The van der Waals surface area contributed by atoms with E-state index >= 15 is 0 Å². The Morgan fingerprint density at radius 3 is 2.31 bits per heavy atom. The molecule has 0 aromatic carbocycles. The third kappa shape index (κ3) is 2.75. The zero-order valence-electron chi connectivity index (χ0n) is 9.13. The van der Waals surface area contributed by atoms with Crippen molar-refractivity contribution < 1.29 is 18.3 Å². The Kier molecular flexibility index (Phi) is 3.27. The second-order valence-electron chi connectivity index (χ2n) is 3.69. The van der Waals surface area contributed by atoms with Crippen LogP contribution in [0.25, 0.3) is 0 Å². The van der Waals surface area contributed by atoms with Crippen LogP contribution in [0.1, 0.15) is 35.9 Å². The molecule has 1 aromatic rings. The molecule has 0 spiro atoms. The van der Waals surface area contributed by atoms with Crippen LogP contribution in [0.3, 0.4) is 0 Å². The number of aromatic nitrogens is 2. The Morgan fingerprint density at radius 1 is 1.38 bits per heavy atom. The van der Waals surface area contributed by atoms with Gasteiger partial charge in [-0.1, -0.05) is 13.8 Å². The maximum atomic E-state index is 11.3. The molecule has 0 saturated carbocycles. The van der Waals surface area contributed by atoms with E-state index in [4.69, 9.17) is 5.11 Å². The van der Waals surface area contributed by atoms with Gasteiger partial charge in [0.15, 0.2) is 5.69 Å². The third-order valence-corrected chi connectivity index (χ3v) is 2.71. The first-order valence-corrected chi connectivity index (χ1v) is 6.43. The second kappa shape index (κ2) is 4.17. The van der Waals surface area contributed by atoms with Crippen LogP contribution in [0.4, 0.5) is 0 Å². The van der Waals surface area contributed by atoms with Gasteiger partial charge in [0.05, 0.1) is 0 Å². The van der Waals surface area contributed by atoms with Crippen molar-refractivity contribution in [1.82, 2.24) is 9.97 Å². The van der Waals surface area contributed by atoms with E-state index in [0.717, 1.165) is 6.26 Å². The highest BCUT2D eigenvalue weighted by molar-refractivity contribution is 7.90. The number of hydrogen-bond acceptors (Lipinski definition) is 5. The monoisotopic (exact) mass is 244 g/mol. The smallest absolute Gasteiger partial charge is 0.354 e. The molecule has 1 N–H and O–H groups in total. The quantitative estimate of drug-likeness (QED) is 0.786. The summed E-state index contributed by atoms with van der Waals surface area (Å²) < 4.78 is 22.5. The molecule has 0 fully saturated rings. The van der Waals surface area contributed by atoms with Crippen molar-refractivity contribution >= 4 is 15.8 Å². The number of hydrogen-bond donors (Lipinski definition) is 1. The molecule has 0 unspecified atom stereocenters. The van der Waals surface area contributed by atoms with E-state index in [1.165, 1.54) is 6.07 Å². The predicted molar refractivity (Wildman–Crippen MR) is 56.2 cm³/mol. The van der Waals surface area contributed by atoms with Gasteiger partial charge in [0.25, 0.3) is 0 Å². The van der Waals surface area contributed by atoms with Crippen LogP contribution < -0.4 is 0 Å². The van der Waals surface area contributed by atoms with Crippen LogP contribution in [0.15, 0.2) is 11.2 Å². The second-order valence-corrected chi connectivity index (χ2v) is 5.60. The topological polar surface area (TPSA) is 97.2 Å². The van der Waals surface area contributed by atoms with Gasteiger partial charge in [-0.05, 0) is 12.0 Å². The summed E-state index contributed by atoms with van der Waals surface area (Å²) in [7, 11) is -3.60. The summed E-state index contributed by atoms with van der Waals surface area (Å²) in [6.45, 7) is 3.58. The minimum Gasteiger partial charge on any atom is -0.477 e. The number of rotatable bonds is 3. The molecular weight excluding hydrogens is 232 g/mol. The molecule has 1 heterocycles. The SMILES string of the molecule is CC(C)c1cc(C(=O)O)nc(S(C)(=O)=O)n1. The molecule has 0 atom stereocenters. The van der Waals surface area contributed by atoms with Gasteiger partial charge in [-0.3, -0.25) is 0 Å².